The van der Waals surface area contributed by atoms with Gasteiger partial charge in [-0.2, -0.15) is 0 Å². The van der Waals surface area contributed by atoms with Crippen molar-refractivity contribution in [2.24, 2.45) is 0 Å². The predicted molar refractivity (Wildman–Crippen MR) is 107 cm³/mol. The summed E-state index contributed by atoms with van der Waals surface area (Å²) >= 11 is 0. The minimum Gasteiger partial charge on any atom is -0.497 e. The van der Waals surface area contributed by atoms with Crippen molar-refractivity contribution in [1.29, 1.82) is 0 Å². The van der Waals surface area contributed by atoms with Crippen molar-refractivity contribution in [3.8, 4) is 11.5 Å². The third-order valence-corrected chi connectivity index (χ3v) is 5.33. The zero-order valence-corrected chi connectivity index (χ0v) is 16.4. The van der Waals surface area contributed by atoms with Crippen LogP contribution in [0.5, 0.6) is 11.5 Å². The summed E-state index contributed by atoms with van der Waals surface area (Å²) in [6.07, 6.45) is 0.810. The monoisotopic (exact) mass is 394 g/mol. The van der Waals surface area contributed by atoms with Gasteiger partial charge in [-0.1, -0.05) is 6.07 Å². The van der Waals surface area contributed by atoms with Crippen LogP contribution in [-0.4, -0.2) is 48.3 Å². The Morgan fingerprint density at radius 3 is 2.79 bits per heavy atom. The number of carbonyl (C=O) groups is 3. The number of anilines is 1. The van der Waals surface area contributed by atoms with Crippen LogP contribution >= 0.6 is 0 Å². The first-order valence-corrected chi connectivity index (χ1v) is 9.46. The lowest BCUT2D eigenvalue weighted by Crippen LogP contribution is -2.45. The van der Waals surface area contributed by atoms with E-state index in [0.717, 1.165) is 0 Å². The van der Waals surface area contributed by atoms with Gasteiger partial charge in [0.1, 0.15) is 17.1 Å². The van der Waals surface area contributed by atoms with E-state index in [4.69, 9.17) is 9.47 Å². The van der Waals surface area contributed by atoms with E-state index in [9.17, 15) is 14.4 Å². The number of ketones is 1. The zero-order chi connectivity index (χ0) is 20.6. The number of likely N-dealkylation sites (tertiary alicyclic amines) is 1. The first kappa shape index (κ1) is 19.0. The second-order valence-electron chi connectivity index (χ2n) is 7.49. The van der Waals surface area contributed by atoms with Crippen LogP contribution in [0.1, 0.15) is 40.5 Å². The van der Waals surface area contributed by atoms with Crippen LogP contribution in [0.25, 0.3) is 0 Å². The van der Waals surface area contributed by atoms with Gasteiger partial charge in [-0.05, 0) is 36.4 Å². The molecule has 1 spiro atoms. The highest BCUT2D eigenvalue weighted by atomic mass is 16.5. The summed E-state index contributed by atoms with van der Waals surface area (Å²) in [5.74, 6) is 0.792. The Balaban J connectivity index is 1.52. The summed E-state index contributed by atoms with van der Waals surface area (Å²) in [4.78, 5) is 38.7. The second-order valence-corrected chi connectivity index (χ2v) is 7.49. The van der Waals surface area contributed by atoms with Crippen LogP contribution < -0.4 is 14.8 Å². The molecule has 150 valence electrons. The van der Waals surface area contributed by atoms with Gasteiger partial charge in [-0.15, -0.1) is 0 Å². The molecule has 29 heavy (non-hydrogen) atoms. The van der Waals surface area contributed by atoms with Crippen molar-refractivity contribution < 1.29 is 23.9 Å². The van der Waals surface area contributed by atoms with Crippen molar-refractivity contribution in [3.63, 3.8) is 0 Å². The summed E-state index contributed by atoms with van der Waals surface area (Å²) in [6, 6.07) is 12.0. The fourth-order valence-corrected chi connectivity index (χ4v) is 3.96. The minimum absolute atomic E-state index is 0.00731. The molecular weight excluding hydrogens is 372 g/mol. The molecule has 7 heteroatoms. The Kier molecular flexibility index (Phi) is 4.74. The summed E-state index contributed by atoms with van der Waals surface area (Å²) in [6.45, 7) is 2.26. The first-order valence-electron chi connectivity index (χ1n) is 9.46. The standard InChI is InChI=1S/C22H22N2O5/c1-14(25)23-16-5-3-4-15(10-16)21(27)24-9-8-22(13-24)12-19(26)18-11-17(28-2)6-7-20(18)29-22/h3-7,10-11H,8-9,12-13H2,1-2H3,(H,23,25). The van der Waals surface area contributed by atoms with E-state index >= 15 is 0 Å². The lowest BCUT2D eigenvalue weighted by Gasteiger charge is -2.34. The minimum atomic E-state index is -0.705. The highest BCUT2D eigenvalue weighted by Gasteiger charge is 2.47. The lowest BCUT2D eigenvalue weighted by molar-refractivity contribution is -0.114. The number of fused-ring (bicyclic) bond motifs is 1. The van der Waals surface area contributed by atoms with Crippen LogP contribution in [0.3, 0.4) is 0 Å². The third kappa shape index (κ3) is 3.68. The van der Waals surface area contributed by atoms with E-state index in [0.29, 0.717) is 47.8 Å². The molecule has 0 aliphatic carbocycles. The van der Waals surface area contributed by atoms with Crippen molar-refractivity contribution in [2.45, 2.75) is 25.4 Å². The van der Waals surface area contributed by atoms with E-state index in [1.807, 2.05) is 0 Å². The van der Waals surface area contributed by atoms with Crippen LogP contribution in [-0.2, 0) is 4.79 Å². The number of amides is 2. The number of rotatable bonds is 3. The molecule has 2 heterocycles. The number of hydrogen-bond donors (Lipinski definition) is 1. The van der Waals surface area contributed by atoms with E-state index < -0.39 is 5.60 Å². The fraction of sp³-hybridized carbons (Fsp3) is 0.318. The molecule has 0 saturated carbocycles. The normalized spacial score (nSPS) is 20.2. The Bertz CT molecular complexity index is 1000. The van der Waals surface area contributed by atoms with Crippen LogP contribution in [0.4, 0.5) is 5.69 Å². The number of benzene rings is 2. The summed E-state index contributed by atoms with van der Waals surface area (Å²) in [5.41, 5.74) is 0.872. The summed E-state index contributed by atoms with van der Waals surface area (Å²) in [7, 11) is 1.55. The van der Waals surface area contributed by atoms with Crippen molar-refractivity contribution in [2.75, 3.05) is 25.5 Å². The molecule has 2 aromatic carbocycles. The molecule has 0 aromatic heterocycles. The quantitative estimate of drug-likeness (QED) is 0.865. The van der Waals surface area contributed by atoms with Crippen molar-refractivity contribution >= 4 is 23.3 Å². The van der Waals surface area contributed by atoms with Crippen molar-refractivity contribution in [1.82, 2.24) is 4.90 Å². The lowest BCUT2D eigenvalue weighted by atomic mass is 9.89. The molecule has 2 aromatic rings. The molecule has 7 nitrogen and oxygen atoms in total. The number of hydrogen-bond acceptors (Lipinski definition) is 5. The van der Waals surface area contributed by atoms with Crippen LogP contribution in [0, 0.1) is 0 Å². The van der Waals surface area contributed by atoms with Gasteiger partial charge in [0.2, 0.25) is 5.91 Å². The molecule has 4 rings (SSSR count). The molecule has 2 aliphatic rings. The summed E-state index contributed by atoms with van der Waals surface area (Å²) < 4.78 is 11.4. The Labute approximate surface area is 168 Å². The topological polar surface area (TPSA) is 84.9 Å². The SMILES string of the molecule is COc1ccc2c(c1)C(=O)CC1(CCN(C(=O)c3cccc(NC(C)=O)c3)C1)O2. The molecular formula is C22H22N2O5. The molecule has 1 unspecified atom stereocenters. The number of carbonyl (C=O) groups excluding carboxylic acids is 3. The van der Waals surface area contributed by atoms with E-state index in [2.05, 4.69) is 5.32 Å². The number of methoxy groups -OCH3 is 1. The van der Waals surface area contributed by atoms with E-state index in [1.165, 1.54) is 6.92 Å². The third-order valence-electron chi connectivity index (χ3n) is 5.33. The molecule has 2 amide bonds. The van der Waals surface area contributed by atoms with E-state index in [1.54, 1.807) is 54.5 Å². The van der Waals surface area contributed by atoms with Gasteiger partial charge in [0.05, 0.1) is 25.6 Å². The largest absolute Gasteiger partial charge is 0.497 e. The molecule has 0 radical (unpaired) electrons. The van der Waals surface area contributed by atoms with Crippen LogP contribution in [0.2, 0.25) is 0 Å². The molecule has 0 bridgehead atoms. The number of ether oxygens (including phenoxy) is 2. The number of Topliss-reactive ketones (excluding diaryl/α,β-unsaturated/α-hetero) is 1. The number of nitrogens with one attached hydrogen (secondary N) is 1. The zero-order valence-electron chi connectivity index (χ0n) is 16.4. The van der Waals surface area contributed by atoms with Gasteiger partial charge in [0.15, 0.2) is 5.78 Å². The fourth-order valence-electron chi connectivity index (χ4n) is 3.96. The molecule has 2 aliphatic heterocycles. The molecule has 1 fully saturated rings. The van der Waals surface area contributed by atoms with Gasteiger partial charge >= 0.3 is 0 Å². The van der Waals surface area contributed by atoms with Crippen molar-refractivity contribution in [3.05, 3.63) is 53.6 Å². The first-order chi connectivity index (χ1) is 13.9. The smallest absolute Gasteiger partial charge is 0.254 e. The van der Waals surface area contributed by atoms with Gasteiger partial charge in [0, 0.05) is 31.1 Å². The van der Waals surface area contributed by atoms with E-state index in [-0.39, 0.29) is 24.0 Å². The molecule has 1 saturated heterocycles. The highest BCUT2D eigenvalue weighted by Crippen LogP contribution is 2.40. The Morgan fingerprint density at radius 1 is 1.21 bits per heavy atom. The van der Waals surface area contributed by atoms with Gasteiger partial charge in [-0.3, -0.25) is 14.4 Å². The van der Waals surface area contributed by atoms with Gasteiger partial charge in [0.25, 0.3) is 5.91 Å². The number of nitrogens with zero attached hydrogens (tertiary/aromatic N) is 1. The Hall–Kier alpha value is -3.35. The highest BCUT2D eigenvalue weighted by molar-refractivity contribution is 6.01. The van der Waals surface area contributed by atoms with Crippen LogP contribution in [0.15, 0.2) is 42.5 Å². The second kappa shape index (κ2) is 7.24. The maximum absolute atomic E-state index is 13.0. The maximum Gasteiger partial charge on any atom is 0.254 e. The maximum atomic E-state index is 13.0. The molecule has 1 atom stereocenters. The predicted octanol–water partition coefficient (Wildman–Crippen LogP) is 2.90. The average molecular weight is 394 g/mol. The molecule has 1 N–H and O–H groups in total. The van der Waals surface area contributed by atoms with Gasteiger partial charge in [-0.25, -0.2) is 0 Å². The Morgan fingerprint density at radius 2 is 2.03 bits per heavy atom. The summed E-state index contributed by atoms with van der Waals surface area (Å²) in [5, 5.41) is 2.68. The van der Waals surface area contributed by atoms with Gasteiger partial charge < -0.3 is 19.7 Å². The average Bonchev–Trinajstić information content (AvgIpc) is 3.10.